The van der Waals surface area contributed by atoms with Gasteiger partial charge in [0, 0.05) is 64.7 Å². The number of aromatic nitrogens is 6. The van der Waals surface area contributed by atoms with Gasteiger partial charge in [-0.05, 0) is 45.1 Å². The van der Waals surface area contributed by atoms with Gasteiger partial charge in [-0.25, -0.2) is 18.3 Å². The molecule has 2 aliphatic heterocycles. The number of carbonyl (C=O) groups excluding carboxylic acids is 2. The van der Waals surface area contributed by atoms with Crippen molar-refractivity contribution < 1.29 is 41.0 Å². The number of nitrogens with zero attached hydrogens (tertiary/aromatic N) is 7. The lowest BCUT2D eigenvalue weighted by atomic mass is 9.75. The second-order valence-corrected chi connectivity index (χ2v) is 13.7. The first-order valence-corrected chi connectivity index (χ1v) is 16.9. The minimum atomic E-state index is -4.54. The summed E-state index contributed by atoms with van der Waals surface area (Å²) < 4.78 is 84.6. The van der Waals surface area contributed by atoms with Crippen molar-refractivity contribution in [2.45, 2.75) is 83.2 Å². The molecule has 13 nitrogen and oxygen atoms in total. The number of anilines is 1. The summed E-state index contributed by atoms with van der Waals surface area (Å²) in [5, 5.41) is 14.4. The third-order valence-corrected chi connectivity index (χ3v) is 10.1. The van der Waals surface area contributed by atoms with Gasteiger partial charge in [-0.3, -0.25) is 14.3 Å². The molecule has 1 saturated carbocycles. The van der Waals surface area contributed by atoms with Crippen LogP contribution in [0.1, 0.15) is 73.9 Å². The topological polar surface area (TPSA) is 141 Å². The molecule has 274 valence electrons. The van der Waals surface area contributed by atoms with Gasteiger partial charge in [-0.1, -0.05) is 0 Å². The quantitative estimate of drug-likeness (QED) is 0.301. The van der Waals surface area contributed by atoms with Crippen LogP contribution in [0.15, 0.2) is 18.5 Å². The van der Waals surface area contributed by atoms with Crippen LogP contribution in [0, 0.1) is 17.3 Å². The van der Waals surface area contributed by atoms with E-state index in [0.29, 0.717) is 50.1 Å². The van der Waals surface area contributed by atoms with Crippen molar-refractivity contribution in [1.29, 1.82) is 0 Å². The Kier molecular flexibility index (Phi) is 10.0. The number of halogens is 5. The van der Waals surface area contributed by atoms with E-state index in [4.69, 9.17) is 24.5 Å². The number of carbonyl (C=O) groups is 2. The highest BCUT2D eigenvalue weighted by Gasteiger charge is 2.55. The van der Waals surface area contributed by atoms with Crippen molar-refractivity contribution in [1.82, 2.24) is 40.0 Å². The molecular weight excluding hydrogens is 669 g/mol. The molecule has 1 aliphatic carbocycles. The molecule has 2 amide bonds. The summed E-state index contributed by atoms with van der Waals surface area (Å²) in [5.74, 6) is -4.69. The van der Waals surface area contributed by atoms with E-state index >= 15 is 0 Å². The molecule has 3 fully saturated rings. The third kappa shape index (κ3) is 7.41. The number of aryl methyl sites for hydroxylation is 1. The standard InChI is InChI=1S/C32H42F5N9O4/c1-4-45-24(7-10-39-45)28(48)41-25(19-5-8-31(33,34)9-6-19)23-16-46-29(40-23)42-26(44-11-12-50-21(15-44)17-49-3)22(43-46)13-20-14-30(2,32(35,36)37)18-38-27(20)47/h7,10,16,19-21,25H,4-6,8-9,11-15,17-18H2,1-3H3,(H,38,47)(H,41,48)/t20-,21?,25-,30?/m0/s1. The van der Waals surface area contributed by atoms with Gasteiger partial charge in [0.1, 0.15) is 11.4 Å². The molecule has 4 atom stereocenters. The molecule has 2 saturated heterocycles. The maximum atomic E-state index is 14.2. The second-order valence-electron chi connectivity index (χ2n) is 13.7. The number of nitrogens with one attached hydrogen (secondary N) is 2. The van der Waals surface area contributed by atoms with Gasteiger partial charge in [0.25, 0.3) is 11.7 Å². The van der Waals surface area contributed by atoms with Crippen LogP contribution in [0.3, 0.4) is 0 Å². The van der Waals surface area contributed by atoms with Gasteiger partial charge >= 0.3 is 6.18 Å². The molecular formula is C32H42F5N9O4. The van der Waals surface area contributed by atoms with Crippen LogP contribution in [0.25, 0.3) is 5.78 Å². The van der Waals surface area contributed by atoms with E-state index in [1.54, 1.807) is 19.4 Å². The number of rotatable bonds is 10. The smallest absolute Gasteiger partial charge is 0.382 e. The molecule has 50 heavy (non-hydrogen) atoms. The fourth-order valence-corrected chi connectivity index (χ4v) is 7.17. The third-order valence-electron chi connectivity index (χ3n) is 10.1. The summed E-state index contributed by atoms with van der Waals surface area (Å²) in [6.07, 6.45) is -2.76. The molecule has 0 aromatic carbocycles. The lowest BCUT2D eigenvalue weighted by Crippen LogP contribution is -2.54. The van der Waals surface area contributed by atoms with Crippen molar-refractivity contribution in [3.05, 3.63) is 35.5 Å². The Balaban J connectivity index is 1.38. The minimum absolute atomic E-state index is 0.130. The van der Waals surface area contributed by atoms with Crippen molar-refractivity contribution in [3.8, 4) is 0 Å². The van der Waals surface area contributed by atoms with Gasteiger partial charge in [-0.15, -0.1) is 0 Å². The van der Waals surface area contributed by atoms with Crippen LogP contribution in [-0.4, -0.2) is 99.3 Å². The zero-order chi connectivity index (χ0) is 35.8. The highest BCUT2D eigenvalue weighted by atomic mass is 19.4. The number of piperidine rings is 1. The summed E-state index contributed by atoms with van der Waals surface area (Å²) in [6, 6.07) is 0.793. The van der Waals surface area contributed by atoms with E-state index in [9.17, 15) is 31.5 Å². The highest BCUT2D eigenvalue weighted by Crippen LogP contribution is 2.45. The highest BCUT2D eigenvalue weighted by molar-refractivity contribution is 5.92. The molecule has 3 aromatic heterocycles. The number of methoxy groups -OCH3 is 1. The van der Waals surface area contributed by atoms with Crippen LogP contribution in [0.4, 0.5) is 27.8 Å². The molecule has 0 bridgehead atoms. The summed E-state index contributed by atoms with van der Waals surface area (Å²) in [5.41, 5.74) is -1.18. The Labute approximate surface area is 285 Å². The Morgan fingerprint density at radius 3 is 2.70 bits per heavy atom. The largest absolute Gasteiger partial charge is 0.395 e. The first-order valence-electron chi connectivity index (χ1n) is 16.9. The molecule has 0 spiro atoms. The van der Waals surface area contributed by atoms with Crippen LogP contribution in [-0.2, 0) is 27.2 Å². The summed E-state index contributed by atoms with van der Waals surface area (Å²) in [4.78, 5) is 37.9. The number of fused-ring (bicyclic) bond motifs is 1. The van der Waals surface area contributed by atoms with E-state index in [1.807, 2.05) is 11.8 Å². The van der Waals surface area contributed by atoms with Crippen LogP contribution in [0.2, 0.25) is 0 Å². The van der Waals surface area contributed by atoms with E-state index < -0.39 is 54.3 Å². The maximum absolute atomic E-state index is 14.2. The lowest BCUT2D eigenvalue weighted by Gasteiger charge is -2.39. The normalized spacial score (nSPS) is 25.4. The fourth-order valence-electron chi connectivity index (χ4n) is 7.17. The van der Waals surface area contributed by atoms with E-state index in [1.165, 1.54) is 15.4 Å². The number of imidazole rings is 1. The second kappa shape index (κ2) is 14.0. The van der Waals surface area contributed by atoms with Crippen LogP contribution in [0.5, 0.6) is 0 Å². The van der Waals surface area contributed by atoms with Crippen molar-refractivity contribution in [2.24, 2.45) is 17.3 Å². The molecule has 3 aromatic rings. The summed E-state index contributed by atoms with van der Waals surface area (Å²) >= 11 is 0. The number of hydrogen-bond donors (Lipinski definition) is 2. The predicted molar refractivity (Wildman–Crippen MR) is 169 cm³/mol. The molecule has 6 rings (SSSR count). The lowest BCUT2D eigenvalue weighted by molar-refractivity contribution is -0.226. The zero-order valence-electron chi connectivity index (χ0n) is 28.2. The molecule has 0 radical (unpaired) electrons. The molecule has 3 aliphatic rings. The van der Waals surface area contributed by atoms with Crippen LogP contribution >= 0.6 is 0 Å². The molecule has 5 heterocycles. The van der Waals surface area contributed by atoms with Gasteiger partial charge in [0.05, 0.1) is 42.7 Å². The Hall–Kier alpha value is -3.93. The average molecular weight is 712 g/mol. The fraction of sp³-hybridized carbons (Fsp3) is 0.688. The maximum Gasteiger partial charge on any atom is 0.395 e. The predicted octanol–water partition coefficient (Wildman–Crippen LogP) is 3.74. The van der Waals surface area contributed by atoms with Crippen molar-refractivity contribution >= 4 is 23.4 Å². The number of ether oxygens (including phenoxy) is 2. The van der Waals surface area contributed by atoms with Crippen molar-refractivity contribution in [3.63, 3.8) is 0 Å². The Morgan fingerprint density at radius 2 is 2.00 bits per heavy atom. The van der Waals surface area contributed by atoms with Gasteiger partial charge < -0.3 is 25.0 Å². The Bertz CT molecular complexity index is 1690. The van der Waals surface area contributed by atoms with E-state index in [-0.39, 0.29) is 55.6 Å². The average Bonchev–Trinajstić information content (AvgIpc) is 3.72. The number of morpholine rings is 1. The SMILES string of the molecule is CCn1nccc1C(=O)N[C@H](c1cn2nc(C[C@H]3CC(C)(C(F)(F)F)CNC3=O)c(N3CCOC(COC)C3)nc2n1)C1CCC(F)(F)CC1. The molecule has 2 N–H and O–H groups in total. The first kappa shape index (κ1) is 35.9. The van der Waals surface area contributed by atoms with Gasteiger partial charge in [-0.2, -0.15) is 28.4 Å². The van der Waals surface area contributed by atoms with Gasteiger partial charge in [0.2, 0.25) is 11.8 Å². The number of hydrogen-bond acceptors (Lipinski definition) is 9. The van der Waals surface area contributed by atoms with Crippen molar-refractivity contribution in [2.75, 3.05) is 44.9 Å². The Morgan fingerprint density at radius 1 is 1.24 bits per heavy atom. The first-order chi connectivity index (χ1) is 23.7. The molecule has 18 heteroatoms. The minimum Gasteiger partial charge on any atom is -0.382 e. The zero-order valence-corrected chi connectivity index (χ0v) is 28.2. The molecule has 2 unspecified atom stereocenters. The summed E-state index contributed by atoms with van der Waals surface area (Å²) in [6.45, 7) is 4.21. The number of alkyl halides is 5. The number of amides is 2. The van der Waals surface area contributed by atoms with E-state index in [2.05, 4.69) is 15.7 Å². The van der Waals surface area contributed by atoms with Crippen LogP contribution < -0.4 is 15.5 Å². The monoisotopic (exact) mass is 711 g/mol. The summed E-state index contributed by atoms with van der Waals surface area (Å²) in [7, 11) is 1.55. The van der Waals surface area contributed by atoms with E-state index in [0.717, 1.165) is 6.92 Å². The van der Waals surface area contributed by atoms with Gasteiger partial charge in [0.15, 0.2) is 5.82 Å².